The van der Waals surface area contributed by atoms with Gasteiger partial charge in [-0.05, 0) is 11.6 Å². The zero-order valence-electron chi connectivity index (χ0n) is 16.9. The van der Waals surface area contributed by atoms with Crippen LogP contribution in [0.4, 0.5) is 0 Å². The minimum absolute atomic E-state index is 0.0273. The standard InChI is InChI=1S/C23H26ClN3O3/c24-21-15-19(16-25-22(21)30-20-8-14-29-17-20)23(28)27-12-10-26(11-13-27)9-4-7-18-5-2-1-3-6-18/h1-7,15-16,20H,8-14,17H2/b7-4+. The number of ether oxygens (including phenoxy) is 2. The fourth-order valence-electron chi connectivity index (χ4n) is 3.61. The molecule has 4 rings (SSSR count). The molecular formula is C23H26ClN3O3. The van der Waals surface area contributed by atoms with Crippen LogP contribution in [0.5, 0.6) is 5.88 Å². The third-order valence-corrected chi connectivity index (χ3v) is 5.62. The third-order valence-electron chi connectivity index (χ3n) is 5.35. The normalized spacial score (nSPS) is 20.0. The molecule has 3 heterocycles. The molecule has 0 aliphatic carbocycles. The summed E-state index contributed by atoms with van der Waals surface area (Å²) >= 11 is 6.31. The molecule has 2 aromatic rings. The summed E-state index contributed by atoms with van der Waals surface area (Å²) in [5.41, 5.74) is 1.69. The Bertz CT molecular complexity index is 877. The molecule has 0 saturated carbocycles. The first-order valence-corrected chi connectivity index (χ1v) is 10.7. The Morgan fingerprint density at radius 1 is 1.23 bits per heavy atom. The number of carbonyl (C=O) groups is 1. The Labute approximate surface area is 182 Å². The van der Waals surface area contributed by atoms with E-state index in [2.05, 4.69) is 34.2 Å². The molecule has 2 aliphatic heterocycles. The van der Waals surface area contributed by atoms with Gasteiger partial charge >= 0.3 is 0 Å². The second-order valence-corrected chi connectivity index (χ2v) is 7.93. The smallest absolute Gasteiger partial charge is 0.255 e. The fourth-order valence-corrected chi connectivity index (χ4v) is 3.82. The van der Waals surface area contributed by atoms with Crippen LogP contribution < -0.4 is 4.74 Å². The first-order chi connectivity index (χ1) is 14.7. The number of pyridine rings is 1. The Morgan fingerprint density at radius 3 is 2.73 bits per heavy atom. The average molecular weight is 428 g/mol. The summed E-state index contributed by atoms with van der Waals surface area (Å²) in [6.45, 7) is 5.17. The molecule has 1 unspecified atom stereocenters. The number of halogens is 1. The van der Waals surface area contributed by atoms with Crippen molar-refractivity contribution in [2.75, 3.05) is 45.9 Å². The topological polar surface area (TPSA) is 54.9 Å². The molecule has 0 spiro atoms. The molecule has 158 valence electrons. The van der Waals surface area contributed by atoms with E-state index in [-0.39, 0.29) is 12.0 Å². The molecular weight excluding hydrogens is 402 g/mol. The van der Waals surface area contributed by atoms with Crippen LogP contribution in [0.25, 0.3) is 6.08 Å². The van der Waals surface area contributed by atoms with Gasteiger partial charge in [0.15, 0.2) is 0 Å². The average Bonchev–Trinajstić information content (AvgIpc) is 3.29. The molecule has 0 radical (unpaired) electrons. The summed E-state index contributed by atoms with van der Waals surface area (Å²) in [6.07, 6.45) is 6.65. The SMILES string of the molecule is O=C(c1cnc(OC2CCOC2)c(Cl)c1)N1CCN(C/C=C/c2ccccc2)CC1. The van der Waals surface area contributed by atoms with E-state index in [0.29, 0.717) is 42.8 Å². The van der Waals surface area contributed by atoms with Crippen LogP contribution in [0, 0.1) is 0 Å². The highest BCUT2D eigenvalue weighted by atomic mass is 35.5. The van der Waals surface area contributed by atoms with E-state index < -0.39 is 0 Å². The monoisotopic (exact) mass is 427 g/mol. The summed E-state index contributed by atoms with van der Waals surface area (Å²) < 4.78 is 11.1. The maximum absolute atomic E-state index is 12.8. The number of carbonyl (C=O) groups excluding carboxylic acids is 1. The maximum Gasteiger partial charge on any atom is 0.255 e. The minimum atomic E-state index is -0.0420. The molecule has 0 bridgehead atoms. The van der Waals surface area contributed by atoms with E-state index >= 15 is 0 Å². The summed E-state index contributed by atoms with van der Waals surface area (Å²) in [4.78, 5) is 21.3. The predicted molar refractivity (Wildman–Crippen MR) is 117 cm³/mol. The molecule has 2 saturated heterocycles. The van der Waals surface area contributed by atoms with E-state index in [0.717, 1.165) is 26.1 Å². The van der Waals surface area contributed by atoms with Gasteiger partial charge in [0.2, 0.25) is 5.88 Å². The lowest BCUT2D eigenvalue weighted by atomic mass is 10.2. The molecule has 2 fully saturated rings. The lowest BCUT2D eigenvalue weighted by Crippen LogP contribution is -2.48. The van der Waals surface area contributed by atoms with Gasteiger partial charge in [0.05, 0.1) is 18.8 Å². The number of nitrogens with zero attached hydrogens (tertiary/aromatic N) is 3. The van der Waals surface area contributed by atoms with Crippen molar-refractivity contribution in [1.82, 2.24) is 14.8 Å². The number of hydrogen-bond acceptors (Lipinski definition) is 5. The van der Waals surface area contributed by atoms with Gasteiger partial charge in [-0.1, -0.05) is 54.1 Å². The number of rotatable bonds is 6. The Hall–Kier alpha value is -2.41. The van der Waals surface area contributed by atoms with Crippen LogP contribution in [0.15, 0.2) is 48.7 Å². The van der Waals surface area contributed by atoms with E-state index in [4.69, 9.17) is 21.1 Å². The molecule has 1 aromatic carbocycles. The van der Waals surface area contributed by atoms with Crippen LogP contribution in [0.3, 0.4) is 0 Å². The van der Waals surface area contributed by atoms with E-state index in [1.165, 1.54) is 5.56 Å². The fraction of sp³-hybridized carbons (Fsp3) is 0.391. The molecule has 0 N–H and O–H groups in total. The van der Waals surface area contributed by atoms with Crippen LogP contribution in [0.2, 0.25) is 5.02 Å². The first-order valence-electron chi connectivity index (χ1n) is 10.3. The van der Waals surface area contributed by atoms with Crippen molar-refractivity contribution in [3.8, 4) is 5.88 Å². The summed E-state index contributed by atoms with van der Waals surface area (Å²) in [5.74, 6) is 0.318. The Morgan fingerprint density at radius 2 is 2.03 bits per heavy atom. The summed E-state index contributed by atoms with van der Waals surface area (Å²) in [5, 5.41) is 0.359. The van der Waals surface area contributed by atoms with Crippen molar-refractivity contribution in [2.45, 2.75) is 12.5 Å². The van der Waals surface area contributed by atoms with Gasteiger partial charge in [0.25, 0.3) is 5.91 Å². The maximum atomic E-state index is 12.8. The number of benzene rings is 1. The van der Waals surface area contributed by atoms with Gasteiger partial charge in [-0.3, -0.25) is 9.69 Å². The lowest BCUT2D eigenvalue weighted by molar-refractivity contribution is 0.0649. The molecule has 2 aliphatic rings. The van der Waals surface area contributed by atoms with Crippen LogP contribution in [-0.4, -0.2) is 72.7 Å². The zero-order chi connectivity index (χ0) is 20.8. The Balaban J connectivity index is 1.27. The highest BCUT2D eigenvalue weighted by Gasteiger charge is 2.24. The van der Waals surface area contributed by atoms with Crippen LogP contribution in [0.1, 0.15) is 22.3 Å². The van der Waals surface area contributed by atoms with Crippen LogP contribution >= 0.6 is 11.6 Å². The lowest BCUT2D eigenvalue weighted by Gasteiger charge is -2.34. The number of hydrogen-bond donors (Lipinski definition) is 0. The van der Waals surface area contributed by atoms with Gasteiger partial charge in [0, 0.05) is 45.3 Å². The largest absolute Gasteiger partial charge is 0.471 e. The second kappa shape index (κ2) is 10.1. The van der Waals surface area contributed by atoms with Crippen molar-refractivity contribution in [1.29, 1.82) is 0 Å². The highest BCUT2D eigenvalue weighted by Crippen LogP contribution is 2.25. The molecule has 1 aromatic heterocycles. The van der Waals surface area contributed by atoms with Crippen molar-refractivity contribution >= 4 is 23.6 Å². The van der Waals surface area contributed by atoms with Gasteiger partial charge < -0.3 is 14.4 Å². The van der Waals surface area contributed by atoms with Crippen molar-refractivity contribution in [2.24, 2.45) is 0 Å². The Kier molecular flexibility index (Phi) is 7.00. The molecule has 1 amide bonds. The van der Waals surface area contributed by atoms with E-state index in [1.54, 1.807) is 12.3 Å². The third kappa shape index (κ3) is 5.39. The predicted octanol–water partition coefficient (Wildman–Crippen LogP) is 3.37. The first kappa shape index (κ1) is 20.8. The van der Waals surface area contributed by atoms with Crippen molar-refractivity contribution in [3.63, 3.8) is 0 Å². The minimum Gasteiger partial charge on any atom is -0.471 e. The van der Waals surface area contributed by atoms with Crippen molar-refractivity contribution < 1.29 is 14.3 Å². The van der Waals surface area contributed by atoms with Crippen LogP contribution in [-0.2, 0) is 4.74 Å². The number of amides is 1. The molecule has 1 atom stereocenters. The van der Waals surface area contributed by atoms with Crippen molar-refractivity contribution in [3.05, 3.63) is 64.8 Å². The number of piperazine rings is 1. The van der Waals surface area contributed by atoms with Gasteiger partial charge in [-0.2, -0.15) is 0 Å². The second-order valence-electron chi connectivity index (χ2n) is 7.52. The quantitative estimate of drug-likeness (QED) is 0.707. The summed E-state index contributed by atoms with van der Waals surface area (Å²) in [6, 6.07) is 11.9. The molecule has 30 heavy (non-hydrogen) atoms. The molecule has 7 heteroatoms. The zero-order valence-corrected chi connectivity index (χ0v) is 17.6. The van der Waals surface area contributed by atoms with E-state index in [1.807, 2.05) is 23.1 Å². The molecule has 6 nitrogen and oxygen atoms in total. The van der Waals surface area contributed by atoms with Gasteiger partial charge in [-0.25, -0.2) is 4.98 Å². The highest BCUT2D eigenvalue weighted by molar-refractivity contribution is 6.32. The van der Waals surface area contributed by atoms with Gasteiger partial charge in [0.1, 0.15) is 11.1 Å². The number of aromatic nitrogens is 1. The summed E-state index contributed by atoms with van der Waals surface area (Å²) in [7, 11) is 0. The van der Waals surface area contributed by atoms with Gasteiger partial charge in [-0.15, -0.1) is 0 Å². The van der Waals surface area contributed by atoms with E-state index in [9.17, 15) is 4.79 Å².